The zero-order chi connectivity index (χ0) is 27.5. The fourth-order valence-corrected chi connectivity index (χ4v) is 3.56. The maximum atomic E-state index is 11.8. The maximum Gasteiger partial charge on any atom is 0.234 e. The van der Waals surface area contributed by atoms with Crippen molar-refractivity contribution in [3.05, 3.63) is 0 Å². The molecule has 0 spiro atoms. The molecule has 0 radical (unpaired) electrons. The summed E-state index contributed by atoms with van der Waals surface area (Å²) in [6.07, 6.45) is -14.1. The van der Waals surface area contributed by atoms with E-state index in [0.717, 1.165) is 0 Å². The number of ether oxygens (including phenoxy) is 4. The Hall–Kier alpha value is -1.58. The van der Waals surface area contributed by atoms with Crippen LogP contribution in [0, 0.1) is 0 Å². The number of aliphatic hydroxyl groups is 8. The summed E-state index contributed by atoms with van der Waals surface area (Å²) in [6.45, 7) is -1.78. The second kappa shape index (κ2) is 15.7. The van der Waals surface area contributed by atoms with Crippen molar-refractivity contribution in [3.8, 4) is 0 Å². The SMILES string of the molecule is O=C(CNCC(=O)NCCO[C@H]1O[C@H](CO)[C@@H](O)[C@@H](O)[C@@H]1O)NCCO[C@H]1O[C@H](CO)[C@@H](O)[C@H](O)[C@@H]1O. The first-order valence-corrected chi connectivity index (χ1v) is 11.7. The van der Waals surface area contributed by atoms with E-state index in [0.29, 0.717) is 0 Å². The van der Waals surface area contributed by atoms with Gasteiger partial charge in [0.05, 0.1) is 39.5 Å². The van der Waals surface area contributed by atoms with Crippen LogP contribution in [0.2, 0.25) is 0 Å². The topological polar surface area (TPSA) is 269 Å². The highest BCUT2D eigenvalue weighted by Gasteiger charge is 2.45. The Morgan fingerprint density at radius 1 is 0.622 bits per heavy atom. The van der Waals surface area contributed by atoms with E-state index < -0.39 is 86.4 Å². The third-order valence-electron chi connectivity index (χ3n) is 5.68. The third-order valence-corrected chi connectivity index (χ3v) is 5.68. The predicted octanol–water partition coefficient (Wildman–Crippen LogP) is -7.56. The molecule has 0 bridgehead atoms. The molecule has 11 N–H and O–H groups in total. The third kappa shape index (κ3) is 9.29. The number of hydrogen-bond acceptors (Lipinski definition) is 15. The minimum Gasteiger partial charge on any atom is -0.394 e. The molecular formula is C20H37N3O14. The molecule has 2 heterocycles. The zero-order valence-corrected chi connectivity index (χ0v) is 20.0. The summed E-state index contributed by atoms with van der Waals surface area (Å²) in [4.78, 5) is 23.7. The summed E-state index contributed by atoms with van der Waals surface area (Å²) in [7, 11) is 0. The highest BCUT2D eigenvalue weighted by atomic mass is 16.7. The van der Waals surface area contributed by atoms with Crippen molar-refractivity contribution in [3.63, 3.8) is 0 Å². The molecular weight excluding hydrogens is 506 g/mol. The van der Waals surface area contributed by atoms with E-state index in [4.69, 9.17) is 29.2 Å². The highest BCUT2D eigenvalue weighted by molar-refractivity contribution is 5.81. The summed E-state index contributed by atoms with van der Waals surface area (Å²) in [5.41, 5.74) is 0. The molecule has 0 aliphatic carbocycles. The van der Waals surface area contributed by atoms with Crippen LogP contribution in [0.15, 0.2) is 0 Å². The van der Waals surface area contributed by atoms with E-state index in [1.807, 2.05) is 0 Å². The molecule has 2 fully saturated rings. The molecule has 2 aliphatic heterocycles. The molecule has 10 atom stereocenters. The molecule has 2 saturated heterocycles. The summed E-state index contributed by atoms with van der Waals surface area (Å²) >= 11 is 0. The Labute approximate surface area is 211 Å². The van der Waals surface area contributed by atoms with Gasteiger partial charge < -0.3 is 70.4 Å². The molecule has 0 aromatic rings. The lowest BCUT2D eigenvalue weighted by Gasteiger charge is -2.39. The van der Waals surface area contributed by atoms with Crippen molar-refractivity contribution in [1.29, 1.82) is 0 Å². The van der Waals surface area contributed by atoms with Gasteiger partial charge in [0.25, 0.3) is 0 Å². The smallest absolute Gasteiger partial charge is 0.234 e. The Morgan fingerprint density at radius 3 is 1.35 bits per heavy atom. The minimum atomic E-state index is -1.57. The number of carbonyl (C=O) groups is 2. The first-order chi connectivity index (χ1) is 17.6. The summed E-state index contributed by atoms with van der Waals surface area (Å²) in [5.74, 6) is -0.924. The van der Waals surface area contributed by atoms with Crippen LogP contribution in [0.5, 0.6) is 0 Å². The van der Waals surface area contributed by atoms with Gasteiger partial charge >= 0.3 is 0 Å². The van der Waals surface area contributed by atoms with Gasteiger partial charge in [0.15, 0.2) is 12.6 Å². The van der Waals surface area contributed by atoms with Gasteiger partial charge in [0, 0.05) is 13.1 Å². The van der Waals surface area contributed by atoms with Crippen LogP contribution >= 0.6 is 0 Å². The molecule has 0 aromatic carbocycles. The van der Waals surface area contributed by atoms with Crippen LogP contribution in [-0.4, -0.2) is 167 Å². The van der Waals surface area contributed by atoms with Gasteiger partial charge in [-0.15, -0.1) is 0 Å². The summed E-state index contributed by atoms with van der Waals surface area (Å²) in [5, 5.41) is 84.4. The van der Waals surface area contributed by atoms with Gasteiger partial charge in [-0.25, -0.2) is 0 Å². The lowest BCUT2D eigenvalue weighted by atomic mass is 9.99. The Bertz CT molecular complexity index is 645. The molecule has 2 aliphatic rings. The molecule has 216 valence electrons. The molecule has 2 amide bonds. The molecule has 2 rings (SSSR count). The largest absolute Gasteiger partial charge is 0.394 e. The number of rotatable bonds is 14. The Balaban J connectivity index is 1.53. The van der Waals surface area contributed by atoms with Gasteiger partial charge in [-0.1, -0.05) is 0 Å². The van der Waals surface area contributed by atoms with E-state index in [1.54, 1.807) is 0 Å². The first kappa shape index (κ1) is 31.6. The van der Waals surface area contributed by atoms with Crippen molar-refractivity contribution in [2.45, 2.75) is 61.4 Å². The Kier molecular flexibility index (Phi) is 13.5. The van der Waals surface area contributed by atoms with Crippen LogP contribution in [0.3, 0.4) is 0 Å². The van der Waals surface area contributed by atoms with Crippen LogP contribution < -0.4 is 16.0 Å². The number of amides is 2. The number of aliphatic hydroxyl groups excluding tert-OH is 8. The number of carbonyl (C=O) groups excluding carboxylic acids is 2. The fourth-order valence-electron chi connectivity index (χ4n) is 3.56. The predicted molar refractivity (Wildman–Crippen MR) is 118 cm³/mol. The molecule has 0 saturated carbocycles. The van der Waals surface area contributed by atoms with E-state index in [-0.39, 0.29) is 39.4 Å². The van der Waals surface area contributed by atoms with Gasteiger partial charge in [-0.05, 0) is 0 Å². The standard InChI is InChI=1S/C20H37N3O14/c24-7-9-13(28)15(30)17(32)19(36-9)34-3-1-22-11(26)5-21-6-12(27)23-2-4-35-20-18(33)16(31)14(29)10(8-25)37-20/h9-10,13-21,24-25,28-33H,1-8H2,(H,22,26)(H,23,27)/t9-,10-,13-,14-,15-,16+,17+,18+,19+,20+/m1/s1. The van der Waals surface area contributed by atoms with Crippen LogP contribution in [0.25, 0.3) is 0 Å². The maximum absolute atomic E-state index is 11.8. The van der Waals surface area contributed by atoms with Crippen molar-refractivity contribution in [2.24, 2.45) is 0 Å². The van der Waals surface area contributed by atoms with Gasteiger partial charge in [-0.2, -0.15) is 0 Å². The van der Waals surface area contributed by atoms with Crippen molar-refractivity contribution < 1.29 is 69.4 Å². The highest BCUT2D eigenvalue weighted by Crippen LogP contribution is 2.22. The molecule has 0 unspecified atom stereocenters. The van der Waals surface area contributed by atoms with E-state index in [1.165, 1.54) is 0 Å². The monoisotopic (exact) mass is 543 g/mol. The van der Waals surface area contributed by atoms with E-state index in [9.17, 15) is 40.2 Å². The quantitative estimate of drug-likeness (QED) is 0.0908. The van der Waals surface area contributed by atoms with Crippen LogP contribution in [0.1, 0.15) is 0 Å². The minimum absolute atomic E-state index is 0.0109. The summed E-state index contributed by atoms with van der Waals surface area (Å²) in [6, 6.07) is 0. The van der Waals surface area contributed by atoms with Gasteiger partial charge in [0.1, 0.15) is 48.8 Å². The fraction of sp³-hybridized carbons (Fsp3) is 0.900. The van der Waals surface area contributed by atoms with Crippen molar-refractivity contribution >= 4 is 11.8 Å². The van der Waals surface area contributed by atoms with Crippen LogP contribution in [-0.2, 0) is 28.5 Å². The molecule has 17 heteroatoms. The Morgan fingerprint density at radius 2 is 1.00 bits per heavy atom. The molecule has 0 aromatic heterocycles. The van der Waals surface area contributed by atoms with Crippen molar-refractivity contribution in [1.82, 2.24) is 16.0 Å². The van der Waals surface area contributed by atoms with Gasteiger partial charge in [0.2, 0.25) is 11.8 Å². The van der Waals surface area contributed by atoms with Crippen LogP contribution in [0.4, 0.5) is 0 Å². The number of hydrogen-bond donors (Lipinski definition) is 11. The lowest BCUT2D eigenvalue weighted by molar-refractivity contribution is -0.300. The van der Waals surface area contributed by atoms with Crippen molar-refractivity contribution in [2.75, 3.05) is 52.6 Å². The average Bonchev–Trinajstić information content (AvgIpc) is 2.88. The average molecular weight is 544 g/mol. The first-order valence-electron chi connectivity index (χ1n) is 11.7. The lowest BCUT2D eigenvalue weighted by Crippen LogP contribution is -2.59. The summed E-state index contributed by atoms with van der Waals surface area (Å²) < 4.78 is 20.8. The molecule has 37 heavy (non-hydrogen) atoms. The second-order valence-corrected chi connectivity index (χ2v) is 8.44. The zero-order valence-electron chi connectivity index (χ0n) is 20.0. The van der Waals surface area contributed by atoms with E-state index >= 15 is 0 Å². The normalized spacial score (nSPS) is 36.2. The van der Waals surface area contributed by atoms with E-state index in [2.05, 4.69) is 16.0 Å². The second-order valence-electron chi connectivity index (χ2n) is 8.44. The number of nitrogens with one attached hydrogen (secondary N) is 3. The van der Waals surface area contributed by atoms with Gasteiger partial charge in [-0.3, -0.25) is 14.9 Å². The molecule has 17 nitrogen and oxygen atoms in total.